The van der Waals surface area contributed by atoms with Crippen molar-refractivity contribution >= 4 is 23.6 Å². The Hall–Kier alpha value is -1.54. The van der Waals surface area contributed by atoms with Crippen LogP contribution in [0.25, 0.3) is 0 Å². The minimum atomic E-state index is -1.07. The zero-order valence-corrected chi connectivity index (χ0v) is 11.5. The summed E-state index contributed by atoms with van der Waals surface area (Å²) in [4.78, 5) is 25.9. The Morgan fingerprint density at radius 2 is 2.37 bits per heavy atom. The number of rotatable bonds is 8. The lowest BCUT2D eigenvalue weighted by atomic mass is 10.2. The summed E-state index contributed by atoms with van der Waals surface area (Å²) in [6.45, 7) is 0.850. The van der Waals surface area contributed by atoms with Gasteiger partial charge in [-0.05, 0) is 18.4 Å². The first-order valence-electron chi connectivity index (χ1n) is 5.82. The average Bonchev–Trinajstić information content (AvgIpc) is 2.84. The molecule has 4 N–H and O–H groups in total. The van der Waals surface area contributed by atoms with Gasteiger partial charge in [-0.1, -0.05) is 0 Å². The zero-order chi connectivity index (χ0) is 14.3. The van der Waals surface area contributed by atoms with Crippen LogP contribution < -0.4 is 11.1 Å². The van der Waals surface area contributed by atoms with Gasteiger partial charge in [0.15, 0.2) is 5.69 Å². The Kier molecular flexibility index (Phi) is 6.37. The third kappa shape index (κ3) is 5.31. The van der Waals surface area contributed by atoms with Crippen LogP contribution in [-0.2, 0) is 11.3 Å². The first-order chi connectivity index (χ1) is 9.04. The molecule has 1 atom stereocenters. The summed E-state index contributed by atoms with van der Waals surface area (Å²) in [6.07, 6.45) is 5.44. The van der Waals surface area contributed by atoms with Gasteiger partial charge >= 0.3 is 5.97 Å². The highest BCUT2D eigenvalue weighted by atomic mass is 32.2. The number of nitrogens with one attached hydrogen (secondary N) is 1. The van der Waals surface area contributed by atoms with Crippen molar-refractivity contribution < 1.29 is 14.7 Å². The minimum absolute atomic E-state index is 0.0111. The molecular weight excluding hydrogens is 268 g/mol. The van der Waals surface area contributed by atoms with Crippen molar-refractivity contribution in [2.45, 2.75) is 19.0 Å². The van der Waals surface area contributed by atoms with Gasteiger partial charge in [0.2, 0.25) is 5.91 Å². The van der Waals surface area contributed by atoms with Crippen LogP contribution in [0.2, 0.25) is 0 Å². The van der Waals surface area contributed by atoms with Crippen molar-refractivity contribution in [2.24, 2.45) is 5.73 Å². The summed E-state index contributed by atoms with van der Waals surface area (Å²) in [5, 5.41) is 11.4. The van der Waals surface area contributed by atoms with Crippen LogP contribution in [0.5, 0.6) is 0 Å². The number of hydrogen-bond donors (Lipinski definition) is 3. The Balaban J connectivity index is 2.29. The van der Waals surface area contributed by atoms with Gasteiger partial charge in [0.25, 0.3) is 0 Å². The highest BCUT2D eigenvalue weighted by Gasteiger charge is 2.12. The normalized spacial score (nSPS) is 12.1. The summed E-state index contributed by atoms with van der Waals surface area (Å²) in [5.74, 6) is -0.410. The molecule has 0 unspecified atom stereocenters. The molecular formula is C11H18N4O3S. The van der Waals surface area contributed by atoms with Crippen molar-refractivity contribution in [3.63, 3.8) is 0 Å². The summed E-state index contributed by atoms with van der Waals surface area (Å²) in [5.41, 5.74) is 5.69. The lowest BCUT2D eigenvalue weighted by Gasteiger charge is -2.11. The Labute approximate surface area is 115 Å². The van der Waals surface area contributed by atoms with Crippen LogP contribution in [-0.4, -0.2) is 51.1 Å². The predicted molar refractivity (Wildman–Crippen MR) is 73.2 cm³/mol. The topological polar surface area (TPSA) is 110 Å². The number of carboxylic acids is 1. The van der Waals surface area contributed by atoms with Crippen molar-refractivity contribution in [3.05, 3.63) is 18.2 Å². The van der Waals surface area contributed by atoms with E-state index in [0.717, 1.165) is 5.75 Å². The number of imidazole rings is 1. The second kappa shape index (κ2) is 7.80. The zero-order valence-electron chi connectivity index (χ0n) is 10.7. The van der Waals surface area contributed by atoms with Crippen LogP contribution >= 0.6 is 11.8 Å². The van der Waals surface area contributed by atoms with E-state index in [2.05, 4.69) is 10.3 Å². The van der Waals surface area contributed by atoms with Gasteiger partial charge in [-0.25, -0.2) is 9.78 Å². The Bertz CT molecular complexity index is 435. The van der Waals surface area contributed by atoms with E-state index in [-0.39, 0.29) is 11.6 Å². The number of thioether (sulfide) groups is 1. The molecule has 1 amide bonds. The molecule has 0 aromatic carbocycles. The fourth-order valence-electron chi connectivity index (χ4n) is 1.41. The number of nitrogens with two attached hydrogens (primary N) is 1. The standard InChI is InChI=1S/C11H18N4O3S/c1-19-5-2-8(12)10(16)13-3-4-15-6-9(11(17)18)14-7-15/h6-8H,2-5,12H2,1H3,(H,13,16)(H,17,18)/t8-/m1/s1. The molecule has 1 heterocycles. The molecule has 0 spiro atoms. The molecule has 19 heavy (non-hydrogen) atoms. The van der Waals surface area contributed by atoms with E-state index in [1.165, 1.54) is 12.5 Å². The van der Waals surface area contributed by atoms with Crippen LogP contribution in [0.4, 0.5) is 0 Å². The fourth-order valence-corrected chi connectivity index (χ4v) is 1.90. The van der Waals surface area contributed by atoms with Gasteiger partial charge in [-0.3, -0.25) is 4.79 Å². The molecule has 0 fully saturated rings. The smallest absolute Gasteiger partial charge is 0.356 e. The number of carbonyl (C=O) groups is 2. The first kappa shape index (κ1) is 15.5. The second-order valence-electron chi connectivity index (χ2n) is 3.98. The molecule has 0 bridgehead atoms. The van der Waals surface area contributed by atoms with E-state index in [9.17, 15) is 9.59 Å². The summed E-state index contributed by atoms with van der Waals surface area (Å²) >= 11 is 1.65. The molecule has 0 aliphatic heterocycles. The van der Waals surface area contributed by atoms with E-state index in [1.54, 1.807) is 16.3 Å². The van der Waals surface area contributed by atoms with Gasteiger partial charge in [0.05, 0.1) is 12.4 Å². The van der Waals surface area contributed by atoms with E-state index in [1.807, 2.05) is 6.26 Å². The van der Waals surface area contributed by atoms with E-state index in [0.29, 0.717) is 19.5 Å². The molecule has 0 saturated heterocycles. The molecule has 0 aliphatic carbocycles. The van der Waals surface area contributed by atoms with Crippen molar-refractivity contribution in [2.75, 3.05) is 18.6 Å². The van der Waals surface area contributed by atoms with Crippen molar-refractivity contribution in [3.8, 4) is 0 Å². The maximum atomic E-state index is 11.6. The van der Waals surface area contributed by atoms with Crippen LogP contribution in [0.1, 0.15) is 16.9 Å². The largest absolute Gasteiger partial charge is 0.476 e. The Morgan fingerprint density at radius 1 is 1.63 bits per heavy atom. The summed E-state index contributed by atoms with van der Waals surface area (Å²) < 4.78 is 1.61. The van der Waals surface area contributed by atoms with Crippen LogP contribution in [0, 0.1) is 0 Å². The highest BCUT2D eigenvalue weighted by molar-refractivity contribution is 7.98. The average molecular weight is 286 g/mol. The van der Waals surface area contributed by atoms with Crippen LogP contribution in [0.15, 0.2) is 12.5 Å². The predicted octanol–water partition coefficient (Wildman–Crippen LogP) is -0.222. The van der Waals surface area contributed by atoms with Gasteiger partial charge in [0.1, 0.15) is 0 Å². The van der Waals surface area contributed by atoms with Crippen molar-refractivity contribution in [1.82, 2.24) is 14.9 Å². The van der Waals surface area contributed by atoms with Gasteiger partial charge in [-0.15, -0.1) is 0 Å². The SMILES string of the molecule is CSCC[C@@H](N)C(=O)NCCn1cnc(C(=O)O)c1. The maximum Gasteiger partial charge on any atom is 0.356 e. The van der Waals surface area contributed by atoms with E-state index in [4.69, 9.17) is 10.8 Å². The molecule has 8 heteroatoms. The van der Waals surface area contributed by atoms with E-state index >= 15 is 0 Å². The van der Waals surface area contributed by atoms with Gasteiger partial charge in [-0.2, -0.15) is 11.8 Å². The van der Waals surface area contributed by atoms with Gasteiger partial charge in [0, 0.05) is 19.3 Å². The number of carboxylic acid groups (broad SMARTS) is 1. The summed E-state index contributed by atoms with van der Waals surface area (Å²) in [6, 6.07) is -0.496. The number of aromatic nitrogens is 2. The van der Waals surface area contributed by atoms with E-state index < -0.39 is 12.0 Å². The maximum absolute atomic E-state index is 11.6. The molecule has 1 rings (SSSR count). The molecule has 0 saturated carbocycles. The van der Waals surface area contributed by atoms with Gasteiger partial charge < -0.3 is 20.7 Å². The van der Waals surface area contributed by atoms with Crippen LogP contribution in [0.3, 0.4) is 0 Å². The lowest BCUT2D eigenvalue weighted by molar-refractivity contribution is -0.122. The number of hydrogen-bond acceptors (Lipinski definition) is 5. The molecule has 1 aromatic rings. The minimum Gasteiger partial charge on any atom is -0.476 e. The number of aromatic carboxylic acids is 1. The third-order valence-electron chi connectivity index (χ3n) is 2.49. The second-order valence-corrected chi connectivity index (χ2v) is 4.97. The molecule has 0 aliphatic rings. The number of nitrogens with zero attached hydrogens (tertiary/aromatic N) is 2. The third-order valence-corrected chi connectivity index (χ3v) is 3.14. The number of amides is 1. The fraction of sp³-hybridized carbons (Fsp3) is 0.545. The molecule has 7 nitrogen and oxygen atoms in total. The number of carbonyl (C=O) groups excluding carboxylic acids is 1. The van der Waals surface area contributed by atoms with Crippen molar-refractivity contribution in [1.29, 1.82) is 0 Å². The molecule has 0 radical (unpaired) electrons. The quantitative estimate of drug-likeness (QED) is 0.609. The summed E-state index contributed by atoms with van der Waals surface area (Å²) in [7, 11) is 0. The Morgan fingerprint density at radius 3 is 2.95 bits per heavy atom. The molecule has 106 valence electrons. The lowest BCUT2D eigenvalue weighted by Crippen LogP contribution is -2.42. The highest BCUT2D eigenvalue weighted by Crippen LogP contribution is 1.99. The first-order valence-corrected chi connectivity index (χ1v) is 7.21. The monoisotopic (exact) mass is 286 g/mol. The molecule has 1 aromatic heterocycles.